The topological polar surface area (TPSA) is 55.1 Å². The predicted molar refractivity (Wildman–Crippen MR) is 74.0 cm³/mol. The molecule has 1 rings (SSSR count). The van der Waals surface area contributed by atoms with Crippen molar-refractivity contribution in [2.24, 2.45) is 5.73 Å². The van der Waals surface area contributed by atoms with Gasteiger partial charge in [0.2, 0.25) is 0 Å². The predicted octanol–water partition coefficient (Wildman–Crippen LogP) is 2.70. The number of hydrogen-bond donors (Lipinski definition) is 2. The molecule has 0 bridgehead atoms. The zero-order chi connectivity index (χ0) is 12.7. The molecule has 4 heteroatoms. The van der Waals surface area contributed by atoms with Crippen LogP contribution in [0.2, 0.25) is 0 Å². The van der Waals surface area contributed by atoms with E-state index in [-0.39, 0.29) is 11.9 Å². The Balaban J connectivity index is 2.58. The quantitative estimate of drug-likeness (QED) is 0.848. The number of nitrogens with two attached hydrogens (primary N) is 1. The molecule has 0 aromatic heterocycles. The van der Waals surface area contributed by atoms with Crippen LogP contribution in [0.4, 0.5) is 0 Å². The van der Waals surface area contributed by atoms with Gasteiger partial charge in [-0.2, -0.15) is 0 Å². The standard InChI is InChI=1S/C13H19BrN2O/c1-2-3-7-12(9-15)16-13(17)10-5-4-6-11(14)8-10/h4-6,8,12H,2-3,7,9,15H2,1H3,(H,16,17). The molecular formula is C13H19BrN2O. The van der Waals surface area contributed by atoms with Crippen LogP contribution in [0, 0.1) is 0 Å². The minimum Gasteiger partial charge on any atom is -0.348 e. The van der Waals surface area contributed by atoms with E-state index in [1.165, 1.54) is 0 Å². The Morgan fingerprint density at radius 2 is 2.29 bits per heavy atom. The smallest absolute Gasteiger partial charge is 0.251 e. The third kappa shape index (κ3) is 4.88. The van der Waals surface area contributed by atoms with Gasteiger partial charge in [0.05, 0.1) is 0 Å². The van der Waals surface area contributed by atoms with E-state index < -0.39 is 0 Å². The van der Waals surface area contributed by atoms with E-state index in [2.05, 4.69) is 28.2 Å². The minimum absolute atomic E-state index is 0.0575. The van der Waals surface area contributed by atoms with E-state index in [1.54, 1.807) is 6.07 Å². The highest BCUT2D eigenvalue weighted by Gasteiger charge is 2.11. The van der Waals surface area contributed by atoms with Crippen LogP contribution in [-0.2, 0) is 0 Å². The maximum Gasteiger partial charge on any atom is 0.251 e. The summed E-state index contributed by atoms with van der Waals surface area (Å²) < 4.78 is 0.906. The van der Waals surface area contributed by atoms with Crippen LogP contribution in [0.5, 0.6) is 0 Å². The minimum atomic E-state index is -0.0575. The van der Waals surface area contributed by atoms with Crippen molar-refractivity contribution in [3.63, 3.8) is 0 Å². The highest BCUT2D eigenvalue weighted by atomic mass is 79.9. The van der Waals surface area contributed by atoms with Crippen molar-refractivity contribution >= 4 is 21.8 Å². The molecule has 0 aliphatic carbocycles. The van der Waals surface area contributed by atoms with Crippen molar-refractivity contribution in [3.05, 3.63) is 34.3 Å². The molecule has 3 N–H and O–H groups in total. The second kappa shape index (κ2) is 7.45. The van der Waals surface area contributed by atoms with E-state index in [9.17, 15) is 4.79 Å². The number of nitrogens with one attached hydrogen (secondary N) is 1. The van der Waals surface area contributed by atoms with Gasteiger partial charge in [0.25, 0.3) is 5.91 Å². The molecule has 0 aliphatic rings. The maximum atomic E-state index is 11.9. The fourth-order valence-electron chi connectivity index (χ4n) is 1.60. The molecule has 3 nitrogen and oxygen atoms in total. The van der Waals surface area contributed by atoms with Gasteiger partial charge in [-0.25, -0.2) is 0 Å². The lowest BCUT2D eigenvalue weighted by Gasteiger charge is -2.16. The molecule has 0 saturated carbocycles. The molecule has 1 unspecified atom stereocenters. The Kier molecular flexibility index (Phi) is 6.22. The molecule has 17 heavy (non-hydrogen) atoms. The molecule has 0 spiro atoms. The van der Waals surface area contributed by atoms with Gasteiger partial charge in [-0.1, -0.05) is 41.8 Å². The normalized spacial score (nSPS) is 12.2. The summed E-state index contributed by atoms with van der Waals surface area (Å²) in [7, 11) is 0. The molecule has 1 amide bonds. The number of amides is 1. The van der Waals surface area contributed by atoms with Gasteiger partial charge in [-0.15, -0.1) is 0 Å². The number of unbranched alkanes of at least 4 members (excludes halogenated alkanes) is 1. The van der Waals surface area contributed by atoms with Gasteiger partial charge >= 0.3 is 0 Å². The number of carbonyl (C=O) groups is 1. The Morgan fingerprint density at radius 1 is 1.53 bits per heavy atom. The van der Waals surface area contributed by atoms with Crippen LogP contribution in [0.25, 0.3) is 0 Å². The SMILES string of the molecule is CCCCC(CN)NC(=O)c1cccc(Br)c1. The van der Waals surface area contributed by atoms with Crippen LogP contribution >= 0.6 is 15.9 Å². The average Bonchev–Trinajstić information content (AvgIpc) is 2.34. The molecule has 0 heterocycles. The lowest BCUT2D eigenvalue weighted by atomic mass is 10.1. The summed E-state index contributed by atoms with van der Waals surface area (Å²) >= 11 is 3.35. The molecule has 94 valence electrons. The van der Waals surface area contributed by atoms with Gasteiger partial charge < -0.3 is 11.1 Å². The number of rotatable bonds is 6. The van der Waals surface area contributed by atoms with E-state index in [1.807, 2.05) is 18.2 Å². The molecule has 1 aromatic carbocycles. The van der Waals surface area contributed by atoms with Crippen molar-refractivity contribution < 1.29 is 4.79 Å². The van der Waals surface area contributed by atoms with Crippen LogP contribution in [-0.4, -0.2) is 18.5 Å². The van der Waals surface area contributed by atoms with E-state index in [0.717, 1.165) is 23.7 Å². The first-order valence-electron chi connectivity index (χ1n) is 5.94. The average molecular weight is 299 g/mol. The molecular weight excluding hydrogens is 280 g/mol. The third-order valence-electron chi connectivity index (χ3n) is 2.61. The van der Waals surface area contributed by atoms with E-state index >= 15 is 0 Å². The molecule has 0 aliphatic heterocycles. The van der Waals surface area contributed by atoms with Gasteiger partial charge in [-0.05, 0) is 24.6 Å². The van der Waals surface area contributed by atoms with Crippen molar-refractivity contribution in [3.8, 4) is 0 Å². The monoisotopic (exact) mass is 298 g/mol. The lowest BCUT2D eigenvalue weighted by Crippen LogP contribution is -2.40. The lowest BCUT2D eigenvalue weighted by molar-refractivity contribution is 0.0935. The highest BCUT2D eigenvalue weighted by molar-refractivity contribution is 9.10. The van der Waals surface area contributed by atoms with Crippen LogP contribution < -0.4 is 11.1 Å². The fraction of sp³-hybridized carbons (Fsp3) is 0.462. The second-order valence-corrected chi connectivity index (χ2v) is 4.97. The number of carbonyl (C=O) groups excluding carboxylic acids is 1. The Bertz CT molecular complexity index is 368. The first-order chi connectivity index (χ1) is 8.17. The van der Waals surface area contributed by atoms with Crippen molar-refractivity contribution in [2.45, 2.75) is 32.2 Å². The van der Waals surface area contributed by atoms with Crippen LogP contribution in [0.15, 0.2) is 28.7 Å². The Hall–Kier alpha value is -0.870. The molecule has 1 atom stereocenters. The summed E-state index contributed by atoms with van der Waals surface area (Å²) in [4.78, 5) is 11.9. The van der Waals surface area contributed by atoms with Gasteiger partial charge in [-0.3, -0.25) is 4.79 Å². The van der Waals surface area contributed by atoms with E-state index in [4.69, 9.17) is 5.73 Å². The molecule has 1 aromatic rings. The number of benzene rings is 1. The summed E-state index contributed by atoms with van der Waals surface area (Å²) in [5, 5.41) is 2.96. The summed E-state index contributed by atoms with van der Waals surface area (Å²) in [5.41, 5.74) is 6.31. The molecule has 0 radical (unpaired) electrons. The van der Waals surface area contributed by atoms with Gasteiger partial charge in [0.1, 0.15) is 0 Å². The fourth-order valence-corrected chi connectivity index (χ4v) is 2.00. The van der Waals surface area contributed by atoms with Crippen LogP contribution in [0.1, 0.15) is 36.5 Å². The molecule has 0 saturated heterocycles. The van der Waals surface area contributed by atoms with E-state index in [0.29, 0.717) is 12.1 Å². The van der Waals surface area contributed by atoms with Crippen LogP contribution in [0.3, 0.4) is 0 Å². The maximum absolute atomic E-state index is 11.9. The first-order valence-corrected chi connectivity index (χ1v) is 6.73. The highest BCUT2D eigenvalue weighted by Crippen LogP contribution is 2.12. The first kappa shape index (κ1) is 14.2. The summed E-state index contributed by atoms with van der Waals surface area (Å²) in [6, 6.07) is 7.42. The Morgan fingerprint density at radius 3 is 2.88 bits per heavy atom. The largest absolute Gasteiger partial charge is 0.348 e. The van der Waals surface area contributed by atoms with Gasteiger partial charge in [0, 0.05) is 22.6 Å². The zero-order valence-electron chi connectivity index (χ0n) is 10.1. The molecule has 0 fully saturated rings. The van der Waals surface area contributed by atoms with Gasteiger partial charge in [0.15, 0.2) is 0 Å². The van der Waals surface area contributed by atoms with Crippen molar-refractivity contribution in [2.75, 3.05) is 6.54 Å². The van der Waals surface area contributed by atoms with Crippen molar-refractivity contribution in [1.29, 1.82) is 0 Å². The second-order valence-electron chi connectivity index (χ2n) is 4.06. The number of hydrogen-bond acceptors (Lipinski definition) is 2. The summed E-state index contributed by atoms with van der Waals surface area (Å²) in [5.74, 6) is -0.0575. The zero-order valence-corrected chi connectivity index (χ0v) is 11.7. The summed E-state index contributed by atoms with van der Waals surface area (Å²) in [6.45, 7) is 2.61. The third-order valence-corrected chi connectivity index (χ3v) is 3.11. The van der Waals surface area contributed by atoms with Crippen molar-refractivity contribution in [1.82, 2.24) is 5.32 Å². The number of halogens is 1. The summed E-state index contributed by atoms with van der Waals surface area (Å²) in [6.07, 6.45) is 3.14. The Labute approximate surface area is 111 Å².